The number of benzene rings is 1. The summed E-state index contributed by atoms with van der Waals surface area (Å²) in [5.74, 6) is 0.559. The third kappa shape index (κ3) is 3.44. The molecule has 0 atom stereocenters. The molecule has 0 unspecified atom stereocenters. The van der Waals surface area contributed by atoms with Gasteiger partial charge in [0, 0.05) is 5.02 Å². The second-order valence-electron chi connectivity index (χ2n) is 2.50. The van der Waals surface area contributed by atoms with Crippen molar-refractivity contribution in [2.45, 2.75) is 0 Å². The first-order valence-corrected chi connectivity index (χ1v) is 4.74. The van der Waals surface area contributed by atoms with Crippen molar-refractivity contribution in [2.24, 2.45) is 0 Å². The zero-order valence-corrected chi connectivity index (χ0v) is 8.81. The summed E-state index contributed by atoms with van der Waals surface area (Å²) < 4.78 is 5.28. The maximum absolute atomic E-state index is 9.92. The predicted octanol–water partition coefficient (Wildman–Crippen LogP) is 2.12. The van der Waals surface area contributed by atoms with Gasteiger partial charge in [-0.05, 0) is 18.2 Å². The van der Waals surface area contributed by atoms with Crippen molar-refractivity contribution >= 4 is 29.6 Å². The van der Waals surface area contributed by atoms with Crippen LogP contribution in [-0.2, 0) is 4.79 Å². The number of amides is 1. The Morgan fingerprint density at radius 2 is 2.21 bits per heavy atom. The van der Waals surface area contributed by atoms with Crippen LogP contribution in [0.2, 0.25) is 10.0 Å². The number of carbonyl (C=O) groups excluding carboxylic acids is 1. The van der Waals surface area contributed by atoms with Crippen LogP contribution >= 0.6 is 23.2 Å². The number of halogens is 2. The number of carbonyl (C=O) groups is 1. The van der Waals surface area contributed by atoms with Gasteiger partial charge in [-0.2, -0.15) is 0 Å². The highest BCUT2D eigenvalue weighted by Crippen LogP contribution is 2.27. The average Bonchev–Trinajstić information content (AvgIpc) is 2.15. The molecule has 1 N–H and O–H groups in total. The molecule has 0 radical (unpaired) electrons. The summed E-state index contributed by atoms with van der Waals surface area (Å²) in [6, 6.07) is 4.98. The van der Waals surface area contributed by atoms with E-state index in [0.29, 0.717) is 35.4 Å². The Morgan fingerprint density at radius 3 is 2.86 bits per heavy atom. The molecule has 1 amide bonds. The lowest BCUT2D eigenvalue weighted by Crippen LogP contribution is -2.19. The molecule has 0 saturated heterocycles. The number of rotatable bonds is 5. The Hall–Kier alpha value is -0.930. The van der Waals surface area contributed by atoms with Crippen LogP contribution in [0.15, 0.2) is 18.2 Å². The molecule has 0 aliphatic heterocycles. The smallest absolute Gasteiger partial charge is 0.207 e. The van der Waals surface area contributed by atoms with E-state index >= 15 is 0 Å². The minimum Gasteiger partial charge on any atom is -0.490 e. The van der Waals surface area contributed by atoms with Crippen molar-refractivity contribution in [1.82, 2.24) is 5.32 Å². The Kier molecular flexibility index (Phi) is 4.56. The summed E-state index contributed by atoms with van der Waals surface area (Å²) in [5, 5.41) is 3.50. The highest BCUT2D eigenvalue weighted by atomic mass is 35.5. The molecule has 1 rings (SSSR count). The van der Waals surface area contributed by atoms with Crippen molar-refractivity contribution in [3.8, 4) is 5.75 Å². The molecule has 0 saturated carbocycles. The first kappa shape index (κ1) is 11.1. The SMILES string of the molecule is O=CNCCOc1ccc(Cl)cc1Cl. The highest BCUT2D eigenvalue weighted by Gasteiger charge is 2.01. The molecule has 0 heterocycles. The Morgan fingerprint density at radius 1 is 1.43 bits per heavy atom. The van der Waals surface area contributed by atoms with E-state index in [4.69, 9.17) is 27.9 Å². The van der Waals surface area contributed by atoms with Gasteiger partial charge in [0.15, 0.2) is 0 Å². The number of hydrogen-bond donors (Lipinski definition) is 1. The van der Waals surface area contributed by atoms with E-state index in [1.54, 1.807) is 18.2 Å². The van der Waals surface area contributed by atoms with Gasteiger partial charge < -0.3 is 10.1 Å². The Bertz CT molecular complexity index is 318. The van der Waals surface area contributed by atoms with Crippen molar-refractivity contribution < 1.29 is 9.53 Å². The van der Waals surface area contributed by atoms with Gasteiger partial charge in [0.05, 0.1) is 11.6 Å². The maximum atomic E-state index is 9.92. The van der Waals surface area contributed by atoms with Crippen LogP contribution in [-0.4, -0.2) is 19.6 Å². The van der Waals surface area contributed by atoms with Crippen LogP contribution in [0.25, 0.3) is 0 Å². The molecule has 1 aromatic rings. The summed E-state index contributed by atoms with van der Waals surface area (Å²) in [6.07, 6.45) is 0.618. The number of ether oxygens (including phenoxy) is 1. The van der Waals surface area contributed by atoms with E-state index in [-0.39, 0.29) is 0 Å². The quantitative estimate of drug-likeness (QED) is 0.625. The zero-order valence-electron chi connectivity index (χ0n) is 7.30. The fraction of sp³-hybridized carbons (Fsp3) is 0.222. The Labute approximate surface area is 92.0 Å². The van der Waals surface area contributed by atoms with Crippen molar-refractivity contribution in [1.29, 1.82) is 0 Å². The zero-order chi connectivity index (χ0) is 10.4. The van der Waals surface area contributed by atoms with E-state index in [0.717, 1.165) is 0 Å². The molecule has 1 aromatic carbocycles. The van der Waals surface area contributed by atoms with Gasteiger partial charge in [-0.3, -0.25) is 4.79 Å². The molecule has 5 heteroatoms. The third-order valence-electron chi connectivity index (χ3n) is 1.48. The summed E-state index contributed by atoms with van der Waals surface area (Å²) in [4.78, 5) is 9.92. The minimum absolute atomic E-state index is 0.375. The van der Waals surface area contributed by atoms with E-state index < -0.39 is 0 Å². The van der Waals surface area contributed by atoms with Crippen LogP contribution < -0.4 is 10.1 Å². The molecular formula is C9H9Cl2NO2. The van der Waals surface area contributed by atoms with Gasteiger partial charge in [0.1, 0.15) is 12.4 Å². The van der Waals surface area contributed by atoms with Crippen LogP contribution in [0.5, 0.6) is 5.75 Å². The molecule has 0 spiro atoms. The van der Waals surface area contributed by atoms with Crippen molar-refractivity contribution in [3.63, 3.8) is 0 Å². The molecule has 0 bridgehead atoms. The van der Waals surface area contributed by atoms with Gasteiger partial charge in [-0.15, -0.1) is 0 Å². The monoisotopic (exact) mass is 233 g/mol. The number of hydrogen-bond acceptors (Lipinski definition) is 2. The van der Waals surface area contributed by atoms with Crippen LogP contribution in [0.4, 0.5) is 0 Å². The van der Waals surface area contributed by atoms with E-state index in [1.807, 2.05) is 0 Å². The number of nitrogens with one attached hydrogen (secondary N) is 1. The van der Waals surface area contributed by atoms with Gasteiger partial charge in [-0.25, -0.2) is 0 Å². The van der Waals surface area contributed by atoms with Gasteiger partial charge in [0.25, 0.3) is 0 Å². The predicted molar refractivity (Wildman–Crippen MR) is 56.0 cm³/mol. The Balaban J connectivity index is 2.46. The summed E-state index contributed by atoms with van der Waals surface area (Å²) in [6.45, 7) is 0.822. The van der Waals surface area contributed by atoms with Crippen LogP contribution in [0.1, 0.15) is 0 Å². The average molecular weight is 234 g/mol. The molecule has 76 valence electrons. The molecule has 0 aliphatic carbocycles. The maximum Gasteiger partial charge on any atom is 0.207 e. The van der Waals surface area contributed by atoms with E-state index in [2.05, 4.69) is 5.32 Å². The molecule has 3 nitrogen and oxygen atoms in total. The highest BCUT2D eigenvalue weighted by molar-refractivity contribution is 6.35. The summed E-state index contributed by atoms with van der Waals surface area (Å²) in [7, 11) is 0. The van der Waals surface area contributed by atoms with E-state index in [1.165, 1.54) is 0 Å². The largest absolute Gasteiger partial charge is 0.490 e. The van der Waals surface area contributed by atoms with Gasteiger partial charge >= 0.3 is 0 Å². The topological polar surface area (TPSA) is 38.3 Å². The fourth-order valence-electron chi connectivity index (χ4n) is 0.871. The van der Waals surface area contributed by atoms with Crippen molar-refractivity contribution in [3.05, 3.63) is 28.2 Å². The lowest BCUT2D eigenvalue weighted by atomic mass is 10.3. The second kappa shape index (κ2) is 5.73. The minimum atomic E-state index is 0.375. The van der Waals surface area contributed by atoms with Crippen molar-refractivity contribution in [2.75, 3.05) is 13.2 Å². The molecule has 0 aromatic heterocycles. The fourth-order valence-corrected chi connectivity index (χ4v) is 1.33. The first-order chi connectivity index (χ1) is 6.74. The molecular weight excluding hydrogens is 225 g/mol. The van der Waals surface area contributed by atoms with Crippen LogP contribution in [0, 0.1) is 0 Å². The lowest BCUT2D eigenvalue weighted by molar-refractivity contribution is -0.109. The second-order valence-corrected chi connectivity index (χ2v) is 3.34. The van der Waals surface area contributed by atoms with Crippen LogP contribution in [0.3, 0.4) is 0 Å². The molecule has 0 fully saturated rings. The normalized spacial score (nSPS) is 9.57. The van der Waals surface area contributed by atoms with Gasteiger partial charge in [0.2, 0.25) is 6.41 Å². The summed E-state index contributed by atoms with van der Waals surface area (Å²) in [5.41, 5.74) is 0. The summed E-state index contributed by atoms with van der Waals surface area (Å²) >= 11 is 11.5. The molecule has 0 aliphatic rings. The lowest BCUT2D eigenvalue weighted by Gasteiger charge is -2.07. The third-order valence-corrected chi connectivity index (χ3v) is 2.01. The standard InChI is InChI=1S/C9H9Cl2NO2/c10-7-1-2-9(8(11)5-7)14-4-3-12-6-13/h1-2,5-6H,3-4H2,(H,12,13). The van der Waals surface area contributed by atoms with E-state index in [9.17, 15) is 4.79 Å². The van der Waals surface area contributed by atoms with Gasteiger partial charge in [-0.1, -0.05) is 23.2 Å². The first-order valence-electron chi connectivity index (χ1n) is 3.99. The molecule has 14 heavy (non-hydrogen) atoms.